The number of hydrogen-bond donors (Lipinski definition) is 0. The minimum absolute atomic E-state index is 0.633. The van der Waals surface area contributed by atoms with Gasteiger partial charge in [0.15, 0.2) is 10.6 Å². The monoisotopic (exact) mass is 378 g/mol. The van der Waals surface area contributed by atoms with Crippen molar-refractivity contribution in [2.24, 2.45) is 7.05 Å². The highest BCUT2D eigenvalue weighted by atomic mass is 35.5. The van der Waals surface area contributed by atoms with Gasteiger partial charge in [0, 0.05) is 24.0 Å². The van der Waals surface area contributed by atoms with Gasteiger partial charge in [-0.05, 0) is 43.9 Å². The summed E-state index contributed by atoms with van der Waals surface area (Å²) in [5.74, 6) is 0.894. The summed E-state index contributed by atoms with van der Waals surface area (Å²) in [6, 6.07) is 12.2. The molecule has 0 fully saturated rings. The quantitative estimate of drug-likeness (QED) is 0.600. The molecule has 2 heterocycles. The molecule has 7 heteroatoms. The number of rotatable bonds is 5. The SMILES string of the molecule is Cc1ccccc1-c1nn(CN(C)Cc2ccc(Cl)s2)c(=S)n1C. The molecule has 0 N–H and O–H groups in total. The van der Waals surface area contributed by atoms with E-state index in [-0.39, 0.29) is 0 Å². The number of aromatic nitrogens is 3. The van der Waals surface area contributed by atoms with Crippen LogP contribution >= 0.6 is 35.2 Å². The van der Waals surface area contributed by atoms with Gasteiger partial charge in [0.1, 0.15) is 0 Å². The van der Waals surface area contributed by atoms with Crippen LogP contribution in [0, 0.1) is 11.7 Å². The lowest BCUT2D eigenvalue weighted by Gasteiger charge is -2.15. The molecule has 24 heavy (non-hydrogen) atoms. The lowest BCUT2D eigenvalue weighted by Crippen LogP contribution is -2.22. The minimum Gasteiger partial charge on any atom is -0.303 e. The van der Waals surface area contributed by atoms with Crippen LogP contribution in [0.3, 0.4) is 0 Å². The van der Waals surface area contributed by atoms with Crippen LogP contribution in [0.25, 0.3) is 11.4 Å². The predicted molar refractivity (Wildman–Crippen MR) is 103 cm³/mol. The molecule has 0 aliphatic carbocycles. The summed E-state index contributed by atoms with van der Waals surface area (Å²) in [6.07, 6.45) is 0. The normalized spacial score (nSPS) is 11.4. The van der Waals surface area contributed by atoms with E-state index in [2.05, 4.69) is 37.1 Å². The van der Waals surface area contributed by atoms with Crippen LogP contribution in [0.15, 0.2) is 36.4 Å². The highest BCUT2D eigenvalue weighted by Gasteiger charge is 2.13. The van der Waals surface area contributed by atoms with Gasteiger partial charge in [-0.3, -0.25) is 4.90 Å². The topological polar surface area (TPSA) is 26.0 Å². The molecule has 1 aromatic carbocycles. The number of thiophene rings is 1. The van der Waals surface area contributed by atoms with E-state index < -0.39 is 0 Å². The Morgan fingerprint density at radius 3 is 2.67 bits per heavy atom. The standard InChI is InChI=1S/C17H19ClN4S2/c1-12-6-4-5-7-14(12)16-19-22(17(23)21(16)3)11-20(2)10-13-8-9-15(18)24-13/h4-9H,10-11H2,1-3H3. The van der Waals surface area contributed by atoms with Gasteiger partial charge in [0.25, 0.3) is 0 Å². The van der Waals surface area contributed by atoms with Crippen LogP contribution in [0.4, 0.5) is 0 Å². The van der Waals surface area contributed by atoms with Crippen molar-refractivity contribution in [1.82, 2.24) is 19.2 Å². The summed E-state index contributed by atoms with van der Waals surface area (Å²) in [5.41, 5.74) is 2.30. The molecule has 3 aromatic rings. The molecule has 0 amide bonds. The van der Waals surface area contributed by atoms with Crippen LogP contribution in [0.2, 0.25) is 4.34 Å². The number of benzene rings is 1. The largest absolute Gasteiger partial charge is 0.303 e. The Morgan fingerprint density at radius 2 is 2.00 bits per heavy atom. The van der Waals surface area contributed by atoms with Gasteiger partial charge in [-0.25, -0.2) is 4.68 Å². The van der Waals surface area contributed by atoms with E-state index in [0.29, 0.717) is 11.4 Å². The zero-order chi connectivity index (χ0) is 17.3. The lowest BCUT2D eigenvalue weighted by molar-refractivity contribution is 0.246. The number of nitrogens with zero attached hydrogens (tertiary/aromatic N) is 4. The van der Waals surface area contributed by atoms with Gasteiger partial charge in [-0.15, -0.1) is 11.3 Å². The van der Waals surface area contributed by atoms with E-state index in [4.69, 9.17) is 28.9 Å². The van der Waals surface area contributed by atoms with Crippen molar-refractivity contribution in [1.29, 1.82) is 0 Å². The molecule has 126 valence electrons. The van der Waals surface area contributed by atoms with Crippen molar-refractivity contribution >= 4 is 35.2 Å². The van der Waals surface area contributed by atoms with E-state index >= 15 is 0 Å². The third-order valence-electron chi connectivity index (χ3n) is 3.86. The van der Waals surface area contributed by atoms with Crippen LogP contribution < -0.4 is 0 Å². The Kier molecular flexibility index (Phi) is 5.20. The zero-order valence-electron chi connectivity index (χ0n) is 13.9. The Labute approximate surface area is 155 Å². The zero-order valence-corrected chi connectivity index (χ0v) is 16.3. The summed E-state index contributed by atoms with van der Waals surface area (Å²) in [6.45, 7) is 3.54. The molecule has 2 aromatic heterocycles. The van der Waals surface area contributed by atoms with Crippen LogP contribution in [-0.2, 0) is 20.3 Å². The summed E-state index contributed by atoms with van der Waals surface area (Å²) in [5, 5.41) is 4.74. The summed E-state index contributed by atoms with van der Waals surface area (Å²) in [4.78, 5) is 3.40. The first-order chi connectivity index (χ1) is 11.5. The second-order valence-electron chi connectivity index (χ2n) is 5.84. The molecule has 0 saturated carbocycles. The van der Waals surface area contributed by atoms with E-state index in [1.807, 2.05) is 34.5 Å². The van der Waals surface area contributed by atoms with Gasteiger partial charge in [0.05, 0.1) is 11.0 Å². The molecule has 0 spiro atoms. The van der Waals surface area contributed by atoms with Gasteiger partial charge >= 0.3 is 0 Å². The number of hydrogen-bond acceptors (Lipinski definition) is 4. The van der Waals surface area contributed by atoms with E-state index in [1.54, 1.807) is 11.3 Å². The fourth-order valence-electron chi connectivity index (χ4n) is 2.62. The van der Waals surface area contributed by atoms with Gasteiger partial charge in [-0.1, -0.05) is 35.9 Å². The van der Waals surface area contributed by atoms with Gasteiger partial charge in [-0.2, -0.15) is 5.10 Å². The smallest absolute Gasteiger partial charge is 0.199 e. The molecule has 0 saturated heterocycles. The molecule has 4 nitrogen and oxygen atoms in total. The molecule has 0 aliphatic heterocycles. The molecule has 0 bridgehead atoms. The van der Waals surface area contributed by atoms with Crippen molar-refractivity contribution in [2.45, 2.75) is 20.1 Å². The third kappa shape index (κ3) is 3.62. The third-order valence-corrected chi connectivity index (χ3v) is 5.56. The maximum atomic E-state index is 6.00. The van der Waals surface area contributed by atoms with E-state index in [0.717, 1.165) is 22.3 Å². The van der Waals surface area contributed by atoms with Gasteiger partial charge < -0.3 is 4.57 Å². The molecule has 0 radical (unpaired) electrons. The minimum atomic E-state index is 0.633. The maximum absolute atomic E-state index is 6.00. The fraction of sp³-hybridized carbons (Fsp3) is 0.294. The first-order valence-corrected chi connectivity index (χ1v) is 9.18. The second kappa shape index (κ2) is 7.19. The Hall–Kier alpha value is -1.47. The van der Waals surface area contributed by atoms with Crippen molar-refractivity contribution in [3.05, 3.63) is 55.9 Å². The average molecular weight is 379 g/mol. The molecular weight excluding hydrogens is 360 g/mol. The Balaban J connectivity index is 1.83. The molecule has 0 aliphatic rings. The summed E-state index contributed by atoms with van der Waals surface area (Å²) >= 11 is 13.2. The second-order valence-corrected chi connectivity index (χ2v) is 8.01. The Morgan fingerprint density at radius 1 is 1.25 bits per heavy atom. The highest BCUT2D eigenvalue weighted by molar-refractivity contribution is 7.71. The van der Waals surface area contributed by atoms with Crippen molar-refractivity contribution < 1.29 is 0 Å². The maximum Gasteiger partial charge on any atom is 0.199 e. The average Bonchev–Trinajstić information content (AvgIpc) is 3.06. The van der Waals surface area contributed by atoms with Crippen molar-refractivity contribution in [2.75, 3.05) is 7.05 Å². The molecule has 3 rings (SSSR count). The van der Waals surface area contributed by atoms with Crippen LogP contribution in [-0.4, -0.2) is 26.3 Å². The van der Waals surface area contributed by atoms with E-state index in [1.165, 1.54) is 10.4 Å². The molecule has 0 unspecified atom stereocenters. The van der Waals surface area contributed by atoms with Gasteiger partial charge in [0.2, 0.25) is 0 Å². The van der Waals surface area contributed by atoms with Crippen LogP contribution in [0.1, 0.15) is 10.4 Å². The molecule has 0 atom stereocenters. The fourth-order valence-corrected chi connectivity index (χ4v) is 3.97. The summed E-state index contributed by atoms with van der Waals surface area (Å²) < 4.78 is 5.36. The van der Waals surface area contributed by atoms with Crippen molar-refractivity contribution in [3.8, 4) is 11.4 Å². The van der Waals surface area contributed by atoms with E-state index in [9.17, 15) is 0 Å². The Bertz CT molecular complexity index is 909. The highest BCUT2D eigenvalue weighted by Crippen LogP contribution is 2.23. The number of halogens is 1. The first kappa shape index (κ1) is 17.4. The predicted octanol–water partition coefficient (Wildman–Crippen LogP) is 4.73. The number of aryl methyl sites for hydroxylation is 1. The van der Waals surface area contributed by atoms with Crippen LogP contribution in [0.5, 0.6) is 0 Å². The molecular formula is C17H19ClN4S2. The first-order valence-electron chi connectivity index (χ1n) is 7.58. The van der Waals surface area contributed by atoms with Crippen molar-refractivity contribution in [3.63, 3.8) is 0 Å². The lowest BCUT2D eigenvalue weighted by atomic mass is 10.1. The summed E-state index contributed by atoms with van der Waals surface area (Å²) in [7, 11) is 4.02.